The maximum Gasteiger partial charge on any atom is 0.573 e. The van der Waals surface area contributed by atoms with E-state index >= 15 is 0 Å². The van der Waals surface area contributed by atoms with E-state index in [1.54, 1.807) is 24.3 Å². The van der Waals surface area contributed by atoms with Crippen molar-refractivity contribution >= 4 is 23.3 Å². The van der Waals surface area contributed by atoms with Gasteiger partial charge in [-0.2, -0.15) is 5.10 Å². The topological polar surface area (TPSA) is 94.5 Å². The van der Waals surface area contributed by atoms with E-state index in [2.05, 4.69) is 20.5 Å². The van der Waals surface area contributed by atoms with Crippen molar-refractivity contribution in [3.8, 4) is 22.6 Å². The van der Waals surface area contributed by atoms with E-state index in [1.165, 1.54) is 30.1 Å². The van der Waals surface area contributed by atoms with Gasteiger partial charge in [-0.25, -0.2) is 4.68 Å². The van der Waals surface area contributed by atoms with Crippen LogP contribution in [0.5, 0.6) is 11.5 Å². The van der Waals surface area contributed by atoms with Gasteiger partial charge in [0.1, 0.15) is 23.4 Å². The van der Waals surface area contributed by atoms with Crippen molar-refractivity contribution in [2.75, 3.05) is 17.7 Å². The lowest BCUT2D eigenvalue weighted by Gasteiger charge is -2.25. The molecule has 1 atom stereocenters. The van der Waals surface area contributed by atoms with Gasteiger partial charge in [0.05, 0.1) is 19.7 Å². The molecule has 1 aromatic heterocycles. The van der Waals surface area contributed by atoms with Crippen molar-refractivity contribution < 1.29 is 32.2 Å². The number of rotatable bonds is 5. The first kappa shape index (κ1) is 21.2. The van der Waals surface area contributed by atoms with E-state index in [0.29, 0.717) is 22.7 Å². The Hall–Kier alpha value is -4.02. The van der Waals surface area contributed by atoms with Crippen molar-refractivity contribution in [1.82, 2.24) is 9.78 Å². The summed E-state index contributed by atoms with van der Waals surface area (Å²) in [4.78, 5) is 25.2. The summed E-state index contributed by atoms with van der Waals surface area (Å²) in [5, 5.41) is 9.51. The molecule has 0 unspecified atom stereocenters. The minimum Gasteiger partial charge on any atom is -0.496 e. The third-order valence-corrected chi connectivity index (χ3v) is 4.76. The third kappa shape index (κ3) is 4.36. The van der Waals surface area contributed by atoms with Gasteiger partial charge in [0.15, 0.2) is 0 Å². The number of aromatic nitrogens is 2. The Bertz CT molecular complexity index is 1180. The molecule has 0 spiro atoms. The Labute approximate surface area is 179 Å². The monoisotopic (exact) mass is 446 g/mol. The van der Waals surface area contributed by atoms with E-state index in [4.69, 9.17) is 4.74 Å². The molecule has 8 nitrogen and oxygen atoms in total. The molecule has 0 saturated carbocycles. The number of hydrogen-bond donors (Lipinski definition) is 2. The predicted molar refractivity (Wildman–Crippen MR) is 108 cm³/mol. The Morgan fingerprint density at radius 1 is 1.19 bits per heavy atom. The number of carbonyl (C=O) groups excluding carboxylic acids is 2. The smallest absolute Gasteiger partial charge is 0.496 e. The van der Waals surface area contributed by atoms with Gasteiger partial charge < -0.3 is 20.1 Å². The van der Waals surface area contributed by atoms with Crippen LogP contribution in [0.1, 0.15) is 12.5 Å². The zero-order valence-electron chi connectivity index (χ0n) is 16.6. The largest absolute Gasteiger partial charge is 0.573 e. The van der Waals surface area contributed by atoms with Gasteiger partial charge in [-0.1, -0.05) is 24.3 Å². The van der Waals surface area contributed by atoms with Gasteiger partial charge >= 0.3 is 6.36 Å². The zero-order chi connectivity index (χ0) is 22.9. The van der Waals surface area contributed by atoms with Crippen LogP contribution in [0.15, 0.2) is 54.7 Å². The molecular weight excluding hydrogens is 429 g/mol. The van der Waals surface area contributed by atoms with Crippen LogP contribution in [0.25, 0.3) is 11.1 Å². The molecule has 1 aliphatic heterocycles. The van der Waals surface area contributed by atoms with Gasteiger partial charge in [0.2, 0.25) is 11.8 Å². The van der Waals surface area contributed by atoms with Crippen LogP contribution in [0.3, 0.4) is 0 Å². The van der Waals surface area contributed by atoms with E-state index in [1.807, 2.05) is 0 Å². The van der Waals surface area contributed by atoms with Gasteiger partial charge in [-0.15, -0.1) is 13.2 Å². The van der Waals surface area contributed by atoms with E-state index in [0.717, 1.165) is 12.1 Å². The maximum atomic E-state index is 12.9. The van der Waals surface area contributed by atoms with Gasteiger partial charge in [-0.3, -0.25) is 9.59 Å². The van der Waals surface area contributed by atoms with Crippen LogP contribution in [-0.2, 0) is 9.59 Å². The number of nitrogens with zero attached hydrogens (tertiary/aromatic N) is 2. The highest BCUT2D eigenvalue weighted by Gasteiger charge is 2.34. The summed E-state index contributed by atoms with van der Waals surface area (Å²) < 4.78 is 48.0. The highest BCUT2D eigenvalue weighted by Crippen LogP contribution is 2.38. The maximum absolute atomic E-state index is 12.9. The van der Waals surface area contributed by atoms with Gasteiger partial charge in [0.25, 0.3) is 0 Å². The van der Waals surface area contributed by atoms with Gasteiger partial charge in [0, 0.05) is 22.9 Å². The van der Waals surface area contributed by atoms with Crippen LogP contribution in [0, 0.1) is 0 Å². The Morgan fingerprint density at radius 2 is 1.97 bits per heavy atom. The first-order valence-electron chi connectivity index (χ1n) is 9.42. The quantitative estimate of drug-likeness (QED) is 0.618. The number of para-hydroxylation sites is 1. The minimum absolute atomic E-state index is 0.0846. The third-order valence-electron chi connectivity index (χ3n) is 4.76. The van der Waals surface area contributed by atoms with Crippen LogP contribution in [0.4, 0.5) is 24.7 Å². The molecule has 4 rings (SSSR count). The number of hydrogen-bond acceptors (Lipinski definition) is 5. The number of fused-ring (bicyclic) bond motifs is 1. The number of anilines is 2. The second kappa shape index (κ2) is 8.25. The molecule has 2 heterocycles. The standard InChI is InChI=1S/C21H17F3N4O4/c1-31-17-8-3-2-7-14(17)15-11-25-28-16(10-18(29)27-19(15)28)20(30)26-12-5-4-6-13(9-12)32-21(22,23)24/h2-9,11,16H,10H2,1H3,(H,26,30)(H,27,29)/t16-/m0/s1. The molecule has 0 aliphatic carbocycles. The number of nitrogens with one attached hydrogen (secondary N) is 2. The molecule has 11 heteroatoms. The van der Waals surface area contributed by atoms with Crippen LogP contribution < -0.4 is 20.1 Å². The summed E-state index contributed by atoms with van der Waals surface area (Å²) in [6.45, 7) is 0. The number of methoxy groups -OCH3 is 1. The van der Waals surface area contributed by atoms with E-state index in [9.17, 15) is 22.8 Å². The lowest BCUT2D eigenvalue weighted by atomic mass is 10.1. The fraction of sp³-hybridized carbons (Fsp3) is 0.190. The highest BCUT2D eigenvalue weighted by atomic mass is 19.4. The van der Waals surface area contributed by atoms with Crippen molar-refractivity contribution in [3.05, 3.63) is 54.7 Å². The highest BCUT2D eigenvalue weighted by molar-refractivity contribution is 6.03. The van der Waals surface area contributed by atoms with Crippen molar-refractivity contribution in [3.63, 3.8) is 0 Å². The minimum atomic E-state index is -4.86. The lowest BCUT2D eigenvalue weighted by Crippen LogP contribution is -2.35. The molecule has 166 valence electrons. The first-order valence-corrected chi connectivity index (χ1v) is 9.42. The summed E-state index contributed by atoms with van der Waals surface area (Å²) in [6, 6.07) is 11.0. The number of benzene rings is 2. The number of carbonyl (C=O) groups is 2. The average molecular weight is 446 g/mol. The number of ether oxygens (including phenoxy) is 2. The van der Waals surface area contributed by atoms with E-state index < -0.39 is 30.0 Å². The average Bonchev–Trinajstić information content (AvgIpc) is 3.15. The molecule has 2 N–H and O–H groups in total. The molecule has 2 aromatic carbocycles. The molecule has 2 amide bonds. The predicted octanol–water partition coefficient (Wildman–Crippen LogP) is 3.98. The SMILES string of the molecule is COc1ccccc1-c1cnn2c1NC(=O)C[C@H]2C(=O)Nc1cccc(OC(F)(F)F)c1. The second-order valence-electron chi connectivity index (χ2n) is 6.88. The number of alkyl halides is 3. The lowest BCUT2D eigenvalue weighted by molar-refractivity contribution is -0.274. The molecule has 0 saturated heterocycles. The van der Waals surface area contributed by atoms with Crippen molar-refractivity contribution in [2.24, 2.45) is 0 Å². The first-order chi connectivity index (χ1) is 15.2. The summed E-state index contributed by atoms with van der Waals surface area (Å²) in [5.41, 5.74) is 1.32. The fourth-order valence-electron chi connectivity index (χ4n) is 3.43. The Kier molecular flexibility index (Phi) is 5.47. The van der Waals surface area contributed by atoms with Gasteiger partial charge in [-0.05, 0) is 18.2 Å². The molecule has 0 bridgehead atoms. The molecule has 0 fully saturated rings. The number of amides is 2. The molecule has 32 heavy (non-hydrogen) atoms. The van der Waals surface area contributed by atoms with Crippen LogP contribution >= 0.6 is 0 Å². The van der Waals surface area contributed by atoms with E-state index in [-0.39, 0.29) is 12.1 Å². The summed E-state index contributed by atoms with van der Waals surface area (Å²) in [6.07, 6.45) is -3.54. The Morgan fingerprint density at radius 3 is 2.72 bits per heavy atom. The molecule has 1 aliphatic rings. The normalized spacial score (nSPS) is 15.5. The molecule has 3 aromatic rings. The fourth-order valence-corrected chi connectivity index (χ4v) is 3.43. The molecule has 0 radical (unpaired) electrons. The second-order valence-corrected chi connectivity index (χ2v) is 6.88. The van der Waals surface area contributed by atoms with Crippen molar-refractivity contribution in [2.45, 2.75) is 18.8 Å². The summed E-state index contributed by atoms with van der Waals surface area (Å²) in [7, 11) is 1.51. The summed E-state index contributed by atoms with van der Waals surface area (Å²) in [5.74, 6) is -0.607. The van der Waals surface area contributed by atoms with Crippen LogP contribution in [0.2, 0.25) is 0 Å². The van der Waals surface area contributed by atoms with Crippen molar-refractivity contribution in [1.29, 1.82) is 0 Å². The summed E-state index contributed by atoms with van der Waals surface area (Å²) >= 11 is 0. The Balaban J connectivity index is 1.62. The number of halogens is 3. The zero-order valence-corrected chi connectivity index (χ0v) is 16.6. The van der Waals surface area contributed by atoms with Crippen LogP contribution in [-0.4, -0.2) is 35.1 Å². The molecular formula is C21H17F3N4O4.